The Hall–Kier alpha value is -5.72. The van der Waals surface area contributed by atoms with Crippen LogP contribution in [-0.2, 0) is 10.8 Å². The topological polar surface area (TPSA) is 0 Å². The van der Waals surface area contributed by atoms with E-state index in [0.717, 1.165) is 0 Å². The molecule has 0 heterocycles. The van der Waals surface area contributed by atoms with E-state index < -0.39 is 0 Å². The predicted molar refractivity (Wildman–Crippen MR) is 213 cm³/mol. The van der Waals surface area contributed by atoms with Gasteiger partial charge in [0, 0.05) is 10.8 Å². The highest BCUT2D eigenvalue weighted by molar-refractivity contribution is 6.22. The lowest BCUT2D eigenvalue weighted by molar-refractivity contribution is 0.660. The molecule has 8 aromatic carbocycles. The van der Waals surface area contributed by atoms with Crippen molar-refractivity contribution >= 4 is 21.5 Å². The van der Waals surface area contributed by atoms with Crippen LogP contribution in [0.25, 0.3) is 77.2 Å². The van der Waals surface area contributed by atoms with Gasteiger partial charge in [-0.1, -0.05) is 173 Å². The summed E-state index contributed by atoms with van der Waals surface area (Å²) in [5.41, 5.74) is 18.6. The summed E-state index contributed by atoms with van der Waals surface area (Å²) in [6.45, 7) is 9.52. The maximum absolute atomic E-state index is 2.47. The van der Waals surface area contributed by atoms with Gasteiger partial charge in [0.1, 0.15) is 0 Å². The summed E-state index contributed by atoms with van der Waals surface area (Å²) in [5.74, 6) is 0. The standard InChI is InChI=1S/C50H38/c1-49(2)43-23-12-11-18-35(43)41-30-33(26-28-45(41)49)46-36-19-8-9-20-37(36)47(38-27-25-32(29-42(38)46)31-15-6-5-7-16-31)40-22-14-21-39-34-17-10-13-24-44(34)50(3,4)48(39)40/h5-30H,1-4H3. The minimum Gasteiger partial charge on any atom is -0.0622 e. The zero-order valence-electron chi connectivity index (χ0n) is 29.0. The first kappa shape index (κ1) is 29.2. The summed E-state index contributed by atoms with van der Waals surface area (Å²) < 4.78 is 0. The summed E-state index contributed by atoms with van der Waals surface area (Å²) in [6.07, 6.45) is 0. The van der Waals surface area contributed by atoms with Crippen LogP contribution in [0.3, 0.4) is 0 Å². The molecule has 0 aromatic heterocycles. The molecule has 0 atom stereocenters. The van der Waals surface area contributed by atoms with Crippen LogP contribution in [0.15, 0.2) is 158 Å². The van der Waals surface area contributed by atoms with Crippen molar-refractivity contribution in [3.63, 3.8) is 0 Å². The third-order valence-corrected chi connectivity index (χ3v) is 11.9. The smallest absolute Gasteiger partial charge is 0.0165 e. The van der Waals surface area contributed by atoms with Crippen molar-refractivity contribution in [3.05, 3.63) is 180 Å². The van der Waals surface area contributed by atoms with Gasteiger partial charge in [-0.25, -0.2) is 0 Å². The van der Waals surface area contributed by atoms with Gasteiger partial charge in [-0.2, -0.15) is 0 Å². The first-order chi connectivity index (χ1) is 24.3. The van der Waals surface area contributed by atoms with Crippen molar-refractivity contribution in [2.45, 2.75) is 38.5 Å². The number of fused-ring (bicyclic) bond motifs is 8. The van der Waals surface area contributed by atoms with E-state index in [2.05, 4.69) is 185 Å². The van der Waals surface area contributed by atoms with Crippen molar-refractivity contribution in [1.29, 1.82) is 0 Å². The number of benzene rings is 8. The van der Waals surface area contributed by atoms with Gasteiger partial charge in [0.05, 0.1) is 0 Å². The molecule has 0 spiro atoms. The van der Waals surface area contributed by atoms with Gasteiger partial charge < -0.3 is 0 Å². The molecule has 0 bridgehead atoms. The molecule has 0 N–H and O–H groups in total. The molecule has 10 rings (SSSR count). The van der Waals surface area contributed by atoms with Gasteiger partial charge >= 0.3 is 0 Å². The highest BCUT2D eigenvalue weighted by Crippen LogP contribution is 2.55. The molecule has 0 amide bonds. The van der Waals surface area contributed by atoms with Gasteiger partial charge in [0.2, 0.25) is 0 Å². The molecule has 0 saturated carbocycles. The molecule has 2 aliphatic carbocycles. The predicted octanol–water partition coefficient (Wildman–Crippen LogP) is 13.6. The minimum absolute atomic E-state index is 0.0308. The van der Waals surface area contributed by atoms with Crippen LogP contribution in [0.5, 0.6) is 0 Å². The maximum Gasteiger partial charge on any atom is 0.0165 e. The molecule has 8 aromatic rings. The molecular weight excluding hydrogens is 601 g/mol. The quantitative estimate of drug-likeness (QED) is 0.169. The molecule has 0 heteroatoms. The third-order valence-electron chi connectivity index (χ3n) is 11.9. The van der Waals surface area contributed by atoms with Crippen LogP contribution < -0.4 is 0 Å². The van der Waals surface area contributed by atoms with E-state index in [0.29, 0.717) is 0 Å². The Bertz CT molecular complexity index is 2690. The Kier molecular flexibility index (Phi) is 6.07. The molecule has 50 heavy (non-hydrogen) atoms. The zero-order chi connectivity index (χ0) is 33.8. The lowest BCUT2D eigenvalue weighted by Gasteiger charge is -2.26. The van der Waals surface area contributed by atoms with Gasteiger partial charge in [0.25, 0.3) is 0 Å². The van der Waals surface area contributed by atoms with Gasteiger partial charge in [-0.3, -0.25) is 0 Å². The van der Waals surface area contributed by atoms with E-state index in [9.17, 15) is 0 Å². The van der Waals surface area contributed by atoms with Gasteiger partial charge in [-0.05, 0) is 112 Å². The SMILES string of the molecule is CC1(C)c2ccccc2-c2cc(-c3c4ccccc4c(-c4cccc5c4C(C)(C)c4ccccc4-5)c4ccc(-c5ccccc5)cc34)ccc21. The fourth-order valence-corrected chi connectivity index (χ4v) is 9.52. The number of hydrogen-bond donors (Lipinski definition) is 0. The fraction of sp³-hybridized carbons (Fsp3) is 0.120. The van der Waals surface area contributed by atoms with E-state index in [-0.39, 0.29) is 10.8 Å². The number of rotatable bonds is 3. The lowest BCUT2D eigenvalue weighted by atomic mass is 9.76. The zero-order valence-corrected chi connectivity index (χ0v) is 29.0. The summed E-state index contributed by atoms with van der Waals surface area (Å²) in [5, 5.41) is 5.16. The second-order valence-electron chi connectivity index (χ2n) is 15.3. The Morgan fingerprint density at radius 3 is 1.60 bits per heavy atom. The van der Waals surface area contributed by atoms with Crippen molar-refractivity contribution in [1.82, 2.24) is 0 Å². The monoisotopic (exact) mass is 638 g/mol. The molecule has 0 aliphatic heterocycles. The first-order valence-electron chi connectivity index (χ1n) is 17.9. The second-order valence-corrected chi connectivity index (χ2v) is 15.3. The van der Waals surface area contributed by atoms with Crippen LogP contribution in [0.1, 0.15) is 49.9 Å². The van der Waals surface area contributed by atoms with Crippen LogP contribution >= 0.6 is 0 Å². The van der Waals surface area contributed by atoms with Gasteiger partial charge in [-0.15, -0.1) is 0 Å². The number of hydrogen-bond acceptors (Lipinski definition) is 0. The summed E-state index contributed by atoms with van der Waals surface area (Å²) in [4.78, 5) is 0. The molecule has 2 aliphatic rings. The maximum atomic E-state index is 2.47. The van der Waals surface area contributed by atoms with Crippen LogP contribution in [0.4, 0.5) is 0 Å². The van der Waals surface area contributed by atoms with Crippen LogP contribution in [-0.4, -0.2) is 0 Å². The molecule has 238 valence electrons. The molecule has 0 radical (unpaired) electrons. The van der Waals surface area contributed by atoms with Crippen LogP contribution in [0.2, 0.25) is 0 Å². The Balaban J connectivity index is 1.32. The average molecular weight is 639 g/mol. The summed E-state index contributed by atoms with van der Waals surface area (Å²) in [6, 6.07) is 59.2. The van der Waals surface area contributed by atoms with E-state index >= 15 is 0 Å². The average Bonchev–Trinajstić information content (AvgIpc) is 3.53. The van der Waals surface area contributed by atoms with Crippen molar-refractivity contribution in [2.75, 3.05) is 0 Å². The molecule has 0 nitrogen and oxygen atoms in total. The molecule has 0 saturated heterocycles. The van der Waals surface area contributed by atoms with Crippen molar-refractivity contribution in [2.24, 2.45) is 0 Å². The molecule has 0 unspecified atom stereocenters. The van der Waals surface area contributed by atoms with E-state index in [4.69, 9.17) is 0 Å². The Labute approximate surface area is 294 Å². The first-order valence-corrected chi connectivity index (χ1v) is 17.9. The largest absolute Gasteiger partial charge is 0.0622 e. The molecular formula is C50H38. The normalized spacial score (nSPS) is 14.7. The lowest BCUT2D eigenvalue weighted by Crippen LogP contribution is -2.16. The fourth-order valence-electron chi connectivity index (χ4n) is 9.52. The van der Waals surface area contributed by atoms with E-state index in [1.807, 2.05) is 0 Å². The summed E-state index contributed by atoms with van der Waals surface area (Å²) in [7, 11) is 0. The third kappa shape index (κ3) is 3.94. The van der Waals surface area contributed by atoms with Crippen molar-refractivity contribution in [3.8, 4) is 55.6 Å². The van der Waals surface area contributed by atoms with E-state index in [1.54, 1.807) is 0 Å². The highest BCUT2D eigenvalue weighted by atomic mass is 14.4. The van der Waals surface area contributed by atoms with Crippen molar-refractivity contribution < 1.29 is 0 Å². The minimum atomic E-state index is -0.126. The van der Waals surface area contributed by atoms with E-state index in [1.165, 1.54) is 99.4 Å². The van der Waals surface area contributed by atoms with Gasteiger partial charge in [0.15, 0.2) is 0 Å². The Morgan fingerprint density at radius 1 is 0.300 bits per heavy atom. The second kappa shape index (κ2) is 10.4. The Morgan fingerprint density at radius 2 is 0.840 bits per heavy atom. The van der Waals surface area contributed by atoms with Crippen LogP contribution in [0, 0.1) is 0 Å². The summed E-state index contributed by atoms with van der Waals surface area (Å²) >= 11 is 0. The molecule has 0 fully saturated rings. The highest BCUT2D eigenvalue weighted by Gasteiger charge is 2.38.